The monoisotopic (exact) mass is 899 g/mol. The molecule has 0 aliphatic heterocycles. The van der Waals surface area contributed by atoms with E-state index >= 15 is 0 Å². The topological polar surface area (TPSA) is 25.8 Å². The Balaban J connectivity index is 0.000000221. The van der Waals surface area contributed by atoms with E-state index < -0.39 is 13.3 Å². The van der Waals surface area contributed by atoms with Crippen molar-refractivity contribution in [2.45, 2.75) is 64.7 Å². The molecule has 0 bridgehead atoms. The summed E-state index contributed by atoms with van der Waals surface area (Å²) in [4.78, 5) is 9.33. The largest absolute Gasteiger partial charge is 0.305 e. The fourth-order valence-electron chi connectivity index (χ4n) is 6.75. The van der Waals surface area contributed by atoms with Crippen molar-refractivity contribution in [3.63, 3.8) is 0 Å². The van der Waals surface area contributed by atoms with Gasteiger partial charge in [0.2, 0.25) is 0 Å². The zero-order chi connectivity index (χ0) is 34.2. The van der Waals surface area contributed by atoms with Gasteiger partial charge in [-0.2, -0.15) is 11.3 Å². The van der Waals surface area contributed by atoms with Gasteiger partial charge < -0.3 is 4.98 Å². The Morgan fingerprint density at radius 3 is 2.12 bits per heavy atom. The van der Waals surface area contributed by atoms with Crippen LogP contribution in [0, 0.1) is 39.8 Å². The van der Waals surface area contributed by atoms with Gasteiger partial charge in [0.25, 0.3) is 0 Å². The SMILES string of the molecule is Cc1cc(-c2[c-]cccc2)nc[c]1[Ge]([CH3])([CH3])[CH3].Cc1cc(C)c(-c2c[c-]c(-c3cc(C(C)C)ccn3)c3sc4ccccc4c23)c(C)c1.[Ir]. The quantitative estimate of drug-likeness (QED) is 0.127. The van der Waals surface area contributed by atoms with Crippen LogP contribution in [-0.4, -0.2) is 23.2 Å². The fraction of sp³-hybridized carbons (Fsp3) is 0.227. The molecule has 0 saturated heterocycles. The van der Waals surface area contributed by atoms with Crippen molar-refractivity contribution < 1.29 is 20.1 Å². The summed E-state index contributed by atoms with van der Waals surface area (Å²) in [6.07, 6.45) is 4.01. The molecule has 0 atom stereocenters. The molecular formula is C44H44GeIrN2S-2. The van der Waals surface area contributed by atoms with Crippen molar-refractivity contribution in [2.24, 2.45) is 0 Å². The summed E-state index contributed by atoms with van der Waals surface area (Å²) in [6, 6.07) is 36.9. The first-order chi connectivity index (χ1) is 22.9. The van der Waals surface area contributed by atoms with E-state index in [0.717, 1.165) is 22.5 Å². The number of rotatable bonds is 5. The maximum Gasteiger partial charge on any atom is 0.0239 e. The minimum absolute atomic E-state index is 0. The van der Waals surface area contributed by atoms with E-state index in [1.165, 1.54) is 63.5 Å². The van der Waals surface area contributed by atoms with E-state index in [9.17, 15) is 0 Å². The standard InChI is InChI=1S/C29H26NS.C15H18GeN.Ir/c1-17(2)21-12-13-30-25(16-21)22-10-11-24(27-19(4)14-18(3)15-20(27)5)28-23-8-6-7-9-26(23)31-29(22)28;1-12-10-15(13-8-6-5-7-9-13)17-11-14(12)16(2,3)4;/h6-9,11-17H,1-5H3;5-8,10-11H,1-4H3;/q2*-1;. The smallest absolute Gasteiger partial charge is 0.0239 e. The number of nitrogens with zero attached hydrogens (tertiary/aromatic N) is 2. The molecule has 7 rings (SSSR count). The van der Waals surface area contributed by atoms with Crippen LogP contribution in [0.3, 0.4) is 0 Å². The number of thiophene rings is 1. The predicted octanol–water partition coefficient (Wildman–Crippen LogP) is 12.0. The summed E-state index contributed by atoms with van der Waals surface area (Å²) in [5.74, 6) is 7.67. The summed E-state index contributed by atoms with van der Waals surface area (Å²) in [5, 5.41) is 2.63. The van der Waals surface area contributed by atoms with Gasteiger partial charge in [0.1, 0.15) is 0 Å². The van der Waals surface area contributed by atoms with Gasteiger partial charge in [-0.15, -0.1) is 17.7 Å². The molecule has 0 unspecified atom stereocenters. The Morgan fingerprint density at radius 2 is 1.47 bits per heavy atom. The normalized spacial score (nSPS) is 11.4. The fourth-order valence-corrected chi connectivity index (χ4v) is 11.6. The zero-order valence-electron chi connectivity index (χ0n) is 30.0. The number of aromatic nitrogens is 2. The Morgan fingerprint density at radius 1 is 0.755 bits per heavy atom. The van der Waals surface area contributed by atoms with Crippen molar-refractivity contribution in [1.29, 1.82) is 0 Å². The summed E-state index contributed by atoms with van der Waals surface area (Å²) < 4.78 is 4.07. The Hall–Kier alpha value is -3.41. The van der Waals surface area contributed by atoms with Gasteiger partial charge in [0.05, 0.1) is 0 Å². The minimum atomic E-state index is -1.77. The second kappa shape index (κ2) is 15.2. The predicted molar refractivity (Wildman–Crippen MR) is 211 cm³/mol. The molecular weight excluding hydrogens is 853 g/mol. The second-order valence-corrected chi connectivity index (χ2v) is 25.8. The molecule has 0 fully saturated rings. The number of hydrogen-bond donors (Lipinski definition) is 0. The molecule has 0 N–H and O–H groups in total. The maximum absolute atomic E-state index is 4.74. The van der Waals surface area contributed by atoms with Gasteiger partial charge in [-0.3, -0.25) is 0 Å². The molecule has 251 valence electrons. The van der Waals surface area contributed by atoms with Crippen molar-refractivity contribution >= 4 is 49.2 Å². The van der Waals surface area contributed by atoms with Crippen molar-refractivity contribution in [3.8, 4) is 33.6 Å². The Labute approximate surface area is 312 Å². The average molecular weight is 898 g/mol. The number of pyridine rings is 2. The van der Waals surface area contributed by atoms with Crippen molar-refractivity contribution in [1.82, 2.24) is 9.97 Å². The third-order valence-corrected chi connectivity index (χ3v) is 14.7. The molecule has 0 spiro atoms. The summed E-state index contributed by atoms with van der Waals surface area (Å²) in [5.41, 5.74) is 13.4. The number of hydrogen-bond acceptors (Lipinski definition) is 3. The van der Waals surface area contributed by atoms with Crippen LogP contribution in [0.2, 0.25) is 17.3 Å². The molecule has 4 aromatic carbocycles. The Kier molecular flexibility index (Phi) is 11.5. The molecule has 3 heterocycles. The van der Waals surface area contributed by atoms with Crippen molar-refractivity contribution in [2.75, 3.05) is 0 Å². The summed E-state index contributed by atoms with van der Waals surface area (Å²) in [7, 11) is 0. The van der Waals surface area contributed by atoms with Crippen LogP contribution in [-0.2, 0) is 20.1 Å². The first-order valence-corrected chi connectivity index (χ1v) is 24.9. The van der Waals surface area contributed by atoms with Crippen LogP contribution in [0.1, 0.15) is 47.6 Å². The van der Waals surface area contributed by atoms with E-state index in [-0.39, 0.29) is 20.1 Å². The molecule has 49 heavy (non-hydrogen) atoms. The summed E-state index contributed by atoms with van der Waals surface area (Å²) >= 11 is 0.0772. The van der Waals surface area contributed by atoms with Crippen LogP contribution in [0.4, 0.5) is 0 Å². The number of aryl methyl sites for hydroxylation is 4. The minimum Gasteiger partial charge on any atom is -0.305 e. The van der Waals surface area contributed by atoms with Gasteiger partial charge in [-0.1, -0.05) is 89.0 Å². The molecule has 5 heteroatoms. The molecule has 0 aliphatic rings. The molecule has 0 aliphatic carbocycles. The molecule has 7 aromatic rings. The third kappa shape index (κ3) is 7.84. The third-order valence-electron chi connectivity index (χ3n) is 9.01. The van der Waals surface area contributed by atoms with Crippen LogP contribution in [0.15, 0.2) is 97.3 Å². The van der Waals surface area contributed by atoms with Gasteiger partial charge in [-0.25, -0.2) is 0 Å². The molecule has 0 amide bonds. The second-order valence-electron chi connectivity index (χ2n) is 14.2. The molecule has 1 radical (unpaired) electrons. The van der Waals surface area contributed by atoms with Gasteiger partial charge in [-0.05, 0) is 54.6 Å². The average Bonchev–Trinajstić information content (AvgIpc) is 3.44. The van der Waals surface area contributed by atoms with Gasteiger partial charge >= 0.3 is 106 Å². The van der Waals surface area contributed by atoms with E-state index in [4.69, 9.17) is 4.98 Å². The van der Waals surface area contributed by atoms with E-state index in [1.807, 2.05) is 35.7 Å². The van der Waals surface area contributed by atoms with E-state index in [1.54, 1.807) is 0 Å². The molecule has 0 saturated carbocycles. The zero-order valence-corrected chi connectivity index (χ0v) is 35.3. The summed E-state index contributed by atoms with van der Waals surface area (Å²) in [6.45, 7) is 13.3. The molecule has 2 nitrogen and oxygen atoms in total. The van der Waals surface area contributed by atoms with Crippen LogP contribution >= 0.6 is 11.3 Å². The maximum atomic E-state index is 4.74. The van der Waals surface area contributed by atoms with Gasteiger partial charge in [0, 0.05) is 31.0 Å². The molecule has 3 aromatic heterocycles. The van der Waals surface area contributed by atoms with Crippen molar-refractivity contribution in [3.05, 3.63) is 137 Å². The van der Waals surface area contributed by atoms with Crippen LogP contribution < -0.4 is 4.40 Å². The Bertz CT molecular complexity index is 2220. The first-order valence-electron chi connectivity index (χ1n) is 16.8. The number of benzene rings is 4. The van der Waals surface area contributed by atoms with Gasteiger partial charge in [0.15, 0.2) is 0 Å². The van der Waals surface area contributed by atoms with Crippen LogP contribution in [0.25, 0.3) is 53.8 Å². The number of fused-ring (bicyclic) bond motifs is 3. The van der Waals surface area contributed by atoms with Crippen LogP contribution in [0.5, 0.6) is 0 Å². The first kappa shape index (κ1) is 36.9. The van der Waals surface area contributed by atoms with E-state index in [0.29, 0.717) is 5.92 Å². The van der Waals surface area contributed by atoms with E-state index in [2.05, 4.69) is 149 Å².